The van der Waals surface area contributed by atoms with E-state index in [1.807, 2.05) is 36.2 Å². The number of pyridine rings is 1. The van der Waals surface area contributed by atoms with Crippen molar-refractivity contribution >= 4 is 33.5 Å². The summed E-state index contributed by atoms with van der Waals surface area (Å²) in [6, 6.07) is 9.89. The number of aromatic amines is 1. The van der Waals surface area contributed by atoms with Crippen molar-refractivity contribution < 1.29 is 4.79 Å². The van der Waals surface area contributed by atoms with E-state index in [-0.39, 0.29) is 11.9 Å². The van der Waals surface area contributed by atoms with Gasteiger partial charge in [-0.15, -0.1) is 0 Å². The predicted molar refractivity (Wildman–Crippen MR) is 126 cm³/mol. The first-order valence-corrected chi connectivity index (χ1v) is 10.9. The Balaban J connectivity index is 1.46. The molecule has 0 aliphatic carbocycles. The molecule has 1 aromatic carbocycles. The summed E-state index contributed by atoms with van der Waals surface area (Å²) in [5, 5.41) is 6.36. The molecule has 1 amide bonds. The number of hydrogen-bond donors (Lipinski definition) is 2. The highest BCUT2D eigenvalue weighted by atomic mass is 16.2. The summed E-state index contributed by atoms with van der Waals surface area (Å²) >= 11 is 0. The number of piperazine rings is 1. The van der Waals surface area contributed by atoms with Gasteiger partial charge in [-0.05, 0) is 44.5 Å². The Bertz CT molecular complexity index is 1290. The SMILES string of the molecule is Cc1nc([C@H](C)Nc2ncnc3[nH]ccc23)cc2cccc(C(=O)N3CCN(C)CC3)c12. The van der Waals surface area contributed by atoms with E-state index in [0.717, 1.165) is 70.8 Å². The van der Waals surface area contributed by atoms with E-state index in [1.54, 1.807) is 6.33 Å². The van der Waals surface area contributed by atoms with Crippen molar-refractivity contribution in [2.24, 2.45) is 0 Å². The van der Waals surface area contributed by atoms with Crippen molar-refractivity contribution in [2.75, 3.05) is 38.5 Å². The highest BCUT2D eigenvalue weighted by Gasteiger charge is 2.23. The lowest BCUT2D eigenvalue weighted by Crippen LogP contribution is -2.47. The van der Waals surface area contributed by atoms with Crippen molar-refractivity contribution in [2.45, 2.75) is 19.9 Å². The molecule has 0 radical (unpaired) electrons. The number of carbonyl (C=O) groups is 1. The molecule has 0 saturated carbocycles. The third kappa shape index (κ3) is 3.67. The number of aromatic nitrogens is 4. The number of rotatable bonds is 4. The molecule has 0 bridgehead atoms. The van der Waals surface area contributed by atoms with Crippen LogP contribution in [0.2, 0.25) is 0 Å². The van der Waals surface area contributed by atoms with Gasteiger partial charge in [0.25, 0.3) is 5.91 Å². The summed E-state index contributed by atoms with van der Waals surface area (Å²) in [6.07, 6.45) is 3.40. The second kappa shape index (κ2) is 8.20. The lowest BCUT2D eigenvalue weighted by atomic mass is 10.00. The van der Waals surface area contributed by atoms with Gasteiger partial charge in [-0.2, -0.15) is 0 Å². The predicted octanol–water partition coefficient (Wildman–Crippen LogP) is 3.38. The molecule has 8 heteroatoms. The van der Waals surface area contributed by atoms with E-state index < -0.39 is 0 Å². The summed E-state index contributed by atoms with van der Waals surface area (Å²) in [6.45, 7) is 7.35. The first-order chi connectivity index (χ1) is 15.5. The number of nitrogens with one attached hydrogen (secondary N) is 2. The smallest absolute Gasteiger partial charge is 0.254 e. The molecule has 4 aromatic rings. The monoisotopic (exact) mass is 429 g/mol. The largest absolute Gasteiger partial charge is 0.361 e. The Morgan fingerprint density at radius 1 is 1.16 bits per heavy atom. The van der Waals surface area contributed by atoms with Crippen LogP contribution >= 0.6 is 0 Å². The average molecular weight is 430 g/mol. The van der Waals surface area contributed by atoms with Gasteiger partial charge in [0.2, 0.25) is 0 Å². The maximum atomic E-state index is 13.3. The zero-order valence-corrected chi connectivity index (χ0v) is 18.6. The lowest BCUT2D eigenvalue weighted by Gasteiger charge is -2.32. The molecule has 32 heavy (non-hydrogen) atoms. The van der Waals surface area contributed by atoms with Crippen LogP contribution < -0.4 is 5.32 Å². The highest BCUT2D eigenvalue weighted by Crippen LogP contribution is 2.28. The fourth-order valence-corrected chi connectivity index (χ4v) is 4.38. The minimum Gasteiger partial charge on any atom is -0.361 e. The van der Waals surface area contributed by atoms with Crippen molar-refractivity contribution in [3.05, 3.63) is 59.8 Å². The number of amides is 1. The van der Waals surface area contributed by atoms with Crippen LogP contribution in [0.5, 0.6) is 0 Å². The van der Waals surface area contributed by atoms with E-state index >= 15 is 0 Å². The summed E-state index contributed by atoms with van der Waals surface area (Å²) in [4.78, 5) is 34.1. The Morgan fingerprint density at radius 2 is 1.97 bits per heavy atom. The molecule has 8 nitrogen and oxygen atoms in total. The van der Waals surface area contributed by atoms with Gasteiger partial charge in [-0.25, -0.2) is 9.97 Å². The second-order valence-electron chi connectivity index (χ2n) is 8.46. The lowest BCUT2D eigenvalue weighted by molar-refractivity contribution is 0.0666. The Hall–Kier alpha value is -3.52. The van der Waals surface area contributed by atoms with Crippen LogP contribution in [0.4, 0.5) is 5.82 Å². The number of carbonyl (C=O) groups excluding carboxylic acids is 1. The number of aryl methyl sites for hydroxylation is 1. The minimum atomic E-state index is -0.0666. The normalized spacial score (nSPS) is 15.9. The maximum absolute atomic E-state index is 13.3. The second-order valence-corrected chi connectivity index (χ2v) is 8.46. The molecule has 164 valence electrons. The Kier molecular flexibility index (Phi) is 5.22. The molecule has 2 N–H and O–H groups in total. The fraction of sp³-hybridized carbons (Fsp3) is 0.333. The van der Waals surface area contributed by atoms with Crippen LogP contribution in [-0.4, -0.2) is 68.9 Å². The average Bonchev–Trinajstić information content (AvgIpc) is 3.28. The molecule has 5 rings (SSSR count). The first-order valence-electron chi connectivity index (χ1n) is 10.9. The van der Waals surface area contributed by atoms with E-state index in [2.05, 4.69) is 51.3 Å². The highest BCUT2D eigenvalue weighted by molar-refractivity contribution is 6.08. The number of hydrogen-bond acceptors (Lipinski definition) is 6. The fourth-order valence-electron chi connectivity index (χ4n) is 4.38. The van der Waals surface area contributed by atoms with Gasteiger partial charge in [0, 0.05) is 49.0 Å². The van der Waals surface area contributed by atoms with Crippen molar-refractivity contribution in [3.63, 3.8) is 0 Å². The third-order valence-electron chi connectivity index (χ3n) is 6.23. The van der Waals surface area contributed by atoms with Crippen LogP contribution in [0.25, 0.3) is 21.8 Å². The van der Waals surface area contributed by atoms with Crippen molar-refractivity contribution in [1.82, 2.24) is 29.7 Å². The van der Waals surface area contributed by atoms with E-state index in [4.69, 9.17) is 4.98 Å². The van der Waals surface area contributed by atoms with Gasteiger partial charge in [-0.3, -0.25) is 9.78 Å². The Labute approximate surface area is 186 Å². The van der Waals surface area contributed by atoms with E-state index in [9.17, 15) is 4.79 Å². The molecule has 1 atom stereocenters. The topological polar surface area (TPSA) is 90.0 Å². The standard InChI is InChI=1S/C24H27N7O/c1-15(29-23-19-7-8-25-22(19)26-14-27-23)20-13-17-5-4-6-18(21(17)16(2)28-20)24(32)31-11-9-30(3)10-12-31/h4-8,13-15H,9-12H2,1-3H3,(H2,25,26,27,29)/t15-/m0/s1. The third-order valence-corrected chi connectivity index (χ3v) is 6.23. The molecular weight excluding hydrogens is 402 g/mol. The number of fused-ring (bicyclic) bond motifs is 2. The zero-order valence-electron chi connectivity index (χ0n) is 18.6. The van der Waals surface area contributed by atoms with E-state index in [0.29, 0.717) is 0 Å². The molecule has 1 aliphatic rings. The molecule has 0 unspecified atom stereocenters. The molecule has 3 aromatic heterocycles. The van der Waals surface area contributed by atoms with Gasteiger partial charge in [0.15, 0.2) is 0 Å². The summed E-state index contributed by atoms with van der Waals surface area (Å²) in [5.41, 5.74) is 3.29. The summed E-state index contributed by atoms with van der Waals surface area (Å²) in [5.74, 6) is 0.852. The van der Waals surface area contributed by atoms with Crippen LogP contribution in [0.3, 0.4) is 0 Å². The molecule has 1 fully saturated rings. The molecule has 1 aliphatic heterocycles. The van der Waals surface area contributed by atoms with Gasteiger partial charge >= 0.3 is 0 Å². The van der Waals surface area contributed by atoms with Gasteiger partial charge in [-0.1, -0.05) is 12.1 Å². The first kappa shape index (κ1) is 20.4. The zero-order chi connectivity index (χ0) is 22.2. The maximum Gasteiger partial charge on any atom is 0.254 e. The molecule has 4 heterocycles. The molecule has 1 saturated heterocycles. The number of nitrogens with zero attached hydrogens (tertiary/aromatic N) is 5. The van der Waals surface area contributed by atoms with Gasteiger partial charge in [0.05, 0.1) is 17.1 Å². The van der Waals surface area contributed by atoms with Crippen LogP contribution in [0, 0.1) is 6.92 Å². The van der Waals surface area contributed by atoms with Crippen LogP contribution in [0.1, 0.15) is 34.7 Å². The minimum absolute atomic E-state index is 0.0666. The van der Waals surface area contributed by atoms with Crippen LogP contribution in [0.15, 0.2) is 42.9 Å². The summed E-state index contributed by atoms with van der Waals surface area (Å²) in [7, 11) is 2.09. The molecular formula is C24H27N7O. The summed E-state index contributed by atoms with van der Waals surface area (Å²) < 4.78 is 0. The van der Waals surface area contributed by atoms with Crippen LogP contribution in [-0.2, 0) is 0 Å². The number of benzene rings is 1. The molecule has 0 spiro atoms. The Morgan fingerprint density at radius 3 is 2.78 bits per heavy atom. The van der Waals surface area contributed by atoms with Crippen molar-refractivity contribution in [3.8, 4) is 0 Å². The van der Waals surface area contributed by atoms with E-state index in [1.165, 1.54) is 0 Å². The van der Waals surface area contributed by atoms with Gasteiger partial charge < -0.3 is 20.1 Å². The van der Waals surface area contributed by atoms with Crippen molar-refractivity contribution in [1.29, 1.82) is 0 Å². The van der Waals surface area contributed by atoms with Gasteiger partial charge in [0.1, 0.15) is 17.8 Å². The quantitative estimate of drug-likeness (QED) is 0.517. The number of likely N-dealkylation sites (N-methyl/N-ethyl adjacent to an activating group) is 1. The number of H-pyrrole nitrogens is 1. The number of anilines is 1.